The van der Waals surface area contributed by atoms with Crippen molar-refractivity contribution in [1.82, 2.24) is 0 Å². The van der Waals surface area contributed by atoms with Crippen LogP contribution in [0.1, 0.15) is 11.1 Å². The summed E-state index contributed by atoms with van der Waals surface area (Å²) in [5.41, 5.74) is 1.07. The lowest BCUT2D eigenvalue weighted by Crippen LogP contribution is -1.94. The van der Waals surface area contributed by atoms with Gasteiger partial charge in [-0.15, -0.1) is 0 Å². The number of nitro groups is 1. The Morgan fingerprint density at radius 3 is 2.65 bits per heavy atom. The molecule has 5 nitrogen and oxygen atoms in total. The van der Waals surface area contributed by atoms with E-state index in [1.54, 1.807) is 18.2 Å². The average molecular weight is 333 g/mol. The van der Waals surface area contributed by atoms with E-state index in [2.05, 4.69) is 15.9 Å². The largest absolute Gasteiger partial charge is 0.450 e. The van der Waals surface area contributed by atoms with Crippen LogP contribution in [0.5, 0.6) is 11.5 Å². The number of halogens is 1. The van der Waals surface area contributed by atoms with Crippen LogP contribution in [0.4, 0.5) is 5.69 Å². The van der Waals surface area contributed by atoms with Crippen molar-refractivity contribution in [2.75, 3.05) is 0 Å². The van der Waals surface area contributed by atoms with Gasteiger partial charge in [0.2, 0.25) is 5.75 Å². The van der Waals surface area contributed by atoms with Crippen molar-refractivity contribution in [2.24, 2.45) is 0 Å². The van der Waals surface area contributed by atoms with E-state index in [-0.39, 0.29) is 11.4 Å². The Labute approximate surface area is 123 Å². The highest BCUT2D eigenvalue weighted by Gasteiger charge is 2.16. The maximum atomic E-state index is 11.0. The molecule has 0 fully saturated rings. The molecule has 0 spiro atoms. The SMILES string of the molecule is Cc1cc(Oc2cc(C#N)ccc2[N+](=O)[O-])ccc1Br. The zero-order valence-corrected chi connectivity index (χ0v) is 12.0. The zero-order chi connectivity index (χ0) is 14.7. The highest BCUT2D eigenvalue weighted by molar-refractivity contribution is 9.10. The summed E-state index contributed by atoms with van der Waals surface area (Å²) in [5, 5.41) is 19.8. The molecule has 2 aromatic rings. The van der Waals surface area contributed by atoms with E-state index in [9.17, 15) is 10.1 Å². The standard InChI is InChI=1S/C14H9BrN2O3/c1-9-6-11(3-4-12(9)15)20-14-7-10(8-16)2-5-13(14)17(18)19/h2-7H,1H3. The normalized spacial score (nSPS) is 9.85. The van der Waals surface area contributed by atoms with Gasteiger partial charge >= 0.3 is 5.69 Å². The van der Waals surface area contributed by atoms with Gasteiger partial charge < -0.3 is 4.74 Å². The second-order valence-electron chi connectivity index (χ2n) is 4.06. The van der Waals surface area contributed by atoms with Crippen LogP contribution in [0, 0.1) is 28.4 Å². The van der Waals surface area contributed by atoms with Gasteiger partial charge in [0.1, 0.15) is 5.75 Å². The van der Waals surface area contributed by atoms with E-state index in [4.69, 9.17) is 10.00 Å². The summed E-state index contributed by atoms with van der Waals surface area (Å²) >= 11 is 3.37. The molecular formula is C14H9BrN2O3. The number of ether oxygens (including phenoxy) is 1. The van der Waals surface area contributed by atoms with E-state index in [0.29, 0.717) is 11.3 Å². The van der Waals surface area contributed by atoms with Crippen LogP contribution in [0.15, 0.2) is 40.9 Å². The van der Waals surface area contributed by atoms with Gasteiger partial charge in [-0.1, -0.05) is 15.9 Å². The van der Waals surface area contributed by atoms with E-state index < -0.39 is 4.92 Å². The molecule has 100 valence electrons. The third kappa shape index (κ3) is 2.95. The minimum absolute atomic E-state index is 0.0516. The molecule has 0 aliphatic carbocycles. The Balaban J connectivity index is 2.43. The van der Waals surface area contributed by atoms with E-state index in [0.717, 1.165) is 10.0 Å². The van der Waals surface area contributed by atoms with Crippen LogP contribution in [-0.2, 0) is 0 Å². The highest BCUT2D eigenvalue weighted by atomic mass is 79.9. The summed E-state index contributed by atoms with van der Waals surface area (Å²) in [6.45, 7) is 1.89. The van der Waals surface area contributed by atoms with Crippen LogP contribution >= 0.6 is 15.9 Å². The van der Waals surface area contributed by atoms with Gasteiger partial charge in [0, 0.05) is 16.6 Å². The van der Waals surface area contributed by atoms with Crippen LogP contribution in [-0.4, -0.2) is 4.92 Å². The molecule has 2 rings (SSSR count). The van der Waals surface area contributed by atoms with Crippen LogP contribution in [0.2, 0.25) is 0 Å². The van der Waals surface area contributed by atoms with Crippen molar-refractivity contribution in [1.29, 1.82) is 5.26 Å². The molecule has 0 aliphatic rings. The van der Waals surface area contributed by atoms with Crippen molar-refractivity contribution in [3.05, 3.63) is 62.1 Å². The van der Waals surface area contributed by atoms with Crippen molar-refractivity contribution >= 4 is 21.6 Å². The molecule has 0 bridgehead atoms. The Bertz CT molecular complexity index is 723. The van der Waals surface area contributed by atoms with Gasteiger partial charge in [0.15, 0.2) is 0 Å². The second kappa shape index (κ2) is 5.72. The quantitative estimate of drug-likeness (QED) is 0.619. The molecule has 0 aromatic heterocycles. The van der Waals surface area contributed by atoms with Gasteiger partial charge in [-0.05, 0) is 36.8 Å². The Kier molecular flexibility index (Phi) is 4.01. The van der Waals surface area contributed by atoms with Gasteiger partial charge in [0.05, 0.1) is 16.6 Å². The third-order valence-corrected chi connectivity index (χ3v) is 3.53. The highest BCUT2D eigenvalue weighted by Crippen LogP contribution is 2.33. The summed E-state index contributed by atoms with van der Waals surface area (Å²) in [6, 6.07) is 11.2. The predicted octanol–water partition coefficient (Wildman–Crippen LogP) is 4.33. The summed E-state index contributed by atoms with van der Waals surface area (Å²) in [5.74, 6) is 0.527. The number of hydrogen-bond donors (Lipinski definition) is 0. The Hall–Kier alpha value is -2.39. The molecule has 0 atom stereocenters. The minimum atomic E-state index is -0.539. The summed E-state index contributed by atoms with van der Waals surface area (Å²) in [7, 11) is 0. The lowest BCUT2D eigenvalue weighted by atomic mass is 10.2. The monoisotopic (exact) mass is 332 g/mol. The lowest BCUT2D eigenvalue weighted by molar-refractivity contribution is -0.385. The molecule has 0 saturated carbocycles. The van der Waals surface area contributed by atoms with Crippen molar-refractivity contribution in [3.63, 3.8) is 0 Å². The fraction of sp³-hybridized carbons (Fsp3) is 0.0714. The van der Waals surface area contributed by atoms with Crippen molar-refractivity contribution in [3.8, 4) is 17.6 Å². The number of nitro benzene ring substituents is 1. The molecule has 0 unspecified atom stereocenters. The first kappa shape index (κ1) is 14.0. The number of nitriles is 1. The van der Waals surface area contributed by atoms with E-state index >= 15 is 0 Å². The number of aryl methyl sites for hydroxylation is 1. The molecule has 0 radical (unpaired) electrons. The first-order valence-electron chi connectivity index (χ1n) is 5.64. The van der Waals surface area contributed by atoms with Gasteiger partial charge in [-0.25, -0.2) is 0 Å². The molecule has 6 heteroatoms. The molecule has 20 heavy (non-hydrogen) atoms. The molecule has 0 heterocycles. The second-order valence-corrected chi connectivity index (χ2v) is 4.92. The summed E-state index contributed by atoms with van der Waals surface area (Å²) < 4.78 is 6.46. The first-order valence-corrected chi connectivity index (χ1v) is 6.43. The molecule has 2 aromatic carbocycles. The van der Waals surface area contributed by atoms with Crippen molar-refractivity contribution < 1.29 is 9.66 Å². The number of benzene rings is 2. The van der Waals surface area contributed by atoms with Gasteiger partial charge in [0.25, 0.3) is 0 Å². The number of hydrogen-bond acceptors (Lipinski definition) is 4. The predicted molar refractivity (Wildman–Crippen MR) is 76.8 cm³/mol. The van der Waals surface area contributed by atoms with E-state index in [1.807, 2.05) is 13.0 Å². The van der Waals surface area contributed by atoms with Gasteiger partial charge in [-0.2, -0.15) is 5.26 Å². The first-order chi connectivity index (χ1) is 9.51. The number of nitrogens with zero attached hydrogens (tertiary/aromatic N) is 2. The molecule has 0 amide bonds. The smallest absolute Gasteiger partial charge is 0.311 e. The Morgan fingerprint density at radius 2 is 2.05 bits per heavy atom. The molecule has 0 N–H and O–H groups in total. The van der Waals surface area contributed by atoms with Crippen LogP contribution in [0.25, 0.3) is 0 Å². The van der Waals surface area contributed by atoms with Crippen LogP contribution < -0.4 is 4.74 Å². The number of rotatable bonds is 3. The topological polar surface area (TPSA) is 76.2 Å². The minimum Gasteiger partial charge on any atom is -0.450 e. The molecular weight excluding hydrogens is 324 g/mol. The fourth-order valence-electron chi connectivity index (χ4n) is 1.62. The van der Waals surface area contributed by atoms with E-state index in [1.165, 1.54) is 18.2 Å². The summed E-state index contributed by atoms with van der Waals surface area (Å²) in [4.78, 5) is 10.4. The van der Waals surface area contributed by atoms with Crippen molar-refractivity contribution in [2.45, 2.75) is 6.92 Å². The van der Waals surface area contributed by atoms with Crippen LogP contribution in [0.3, 0.4) is 0 Å². The lowest BCUT2D eigenvalue weighted by Gasteiger charge is -2.08. The summed E-state index contributed by atoms with van der Waals surface area (Å²) in [6.07, 6.45) is 0. The Morgan fingerprint density at radius 1 is 1.30 bits per heavy atom. The molecule has 0 saturated heterocycles. The maximum absolute atomic E-state index is 11.0. The fourth-order valence-corrected chi connectivity index (χ4v) is 1.87. The zero-order valence-electron chi connectivity index (χ0n) is 10.5. The maximum Gasteiger partial charge on any atom is 0.311 e. The third-order valence-electron chi connectivity index (χ3n) is 2.64. The average Bonchev–Trinajstić information content (AvgIpc) is 2.42. The molecule has 0 aliphatic heterocycles. The van der Waals surface area contributed by atoms with Gasteiger partial charge in [-0.3, -0.25) is 10.1 Å².